The predicted molar refractivity (Wildman–Crippen MR) is 74.6 cm³/mol. The summed E-state index contributed by atoms with van der Waals surface area (Å²) in [5.74, 6) is 0. The van der Waals surface area contributed by atoms with E-state index < -0.39 is 0 Å². The molecule has 0 spiro atoms. The minimum Gasteiger partial charge on any atom is -0.381 e. The second-order valence-corrected chi connectivity index (χ2v) is 4.40. The van der Waals surface area contributed by atoms with Gasteiger partial charge >= 0.3 is 0 Å². The summed E-state index contributed by atoms with van der Waals surface area (Å²) >= 11 is 0. The molecule has 0 unspecified atom stereocenters. The van der Waals surface area contributed by atoms with E-state index in [1.165, 1.54) is 0 Å². The maximum absolute atomic E-state index is 8.92. The largest absolute Gasteiger partial charge is 0.381 e. The summed E-state index contributed by atoms with van der Waals surface area (Å²) in [5.41, 5.74) is 3.95. The summed E-state index contributed by atoms with van der Waals surface area (Å²) in [6.45, 7) is 1.28. The van der Waals surface area contributed by atoms with E-state index in [0.717, 1.165) is 16.8 Å². The van der Waals surface area contributed by atoms with Gasteiger partial charge in [-0.2, -0.15) is 5.26 Å². The quantitative estimate of drug-likeness (QED) is 0.893. The molecule has 2 aromatic rings. The average Bonchev–Trinajstić information content (AvgIpc) is 2.78. The molecule has 1 N–H and O–H groups in total. The first-order chi connectivity index (χ1) is 9.24. The van der Waals surface area contributed by atoms with Gasteiger partial charge in [0.1, 0.15) is 11.8 Å². The molecule has 0 aliphatic rings. The van der Waals surface area contributed by atoms with E-state index >= 15 is 0 Å². The number of nitriles is 1. The molecule has 0 atom stereocenters. The molecule has 0 saturated carbocycles. The van der Waals surface area contributed by atoms with Crippen molar-refractivity contribution in [1.82, 2.24) is 4.57 Å². The number of methoxy groups -OCH3 is 1. The van der Waals surface area contributed by atoms with Crippen LogP contribution in [0.2, 0.25) is 0 Å². The highest BCUT2D eigenvalue weighted by molar-refractivity contribution is 5.51. The lowest BCUT2D eigenvalue weighted by atomic mass is 10.2. The number of ether oxygens (including phenoxy) is 1. The number of nitrogens with one attached hydrogen (secondary N) is 1. The number of aryl methyl sites for hydroxylation is 1. The van der Waals surface area contributed by atoms with Crippen LogP contribution in [-0.4, -0.2) is 11.7 Å². The summed E-state index contributed by atoms with van der Waals surface area (Å²) in [7, 11) is 3.56. The molecule has 2 rings (SSSR count). The van der Waals surface area contributed by atoms with Gasteiger partial charge in [-0.1, -0.05) is 18.2 Å². The van der Waals surface area contributed by atoms with Gasteiger partial charge in [-0.15, -0.1) is 0 Å². The normalized spacial score (nSPS) is 10.2. The molecule has 98 valence electrons. The molecule has 1 aromatic carbocycles. The zero-order valence-electron chi connectivity index (χ0n) is 11.2. The minimum atomic E-state index is 0.585. The summed E-state index contributed by atoms with van der Waals surface area (Å²) in [6, 6.07) is 12.1. The maximum Gasteiger partial charge on any atom is 0.120 e. The number of hydrogen-bond acceptors (Lipinski definition) is 3. The van der Waals surface area contributed by atoms with Crippen LogP contribution in [0, 0.1) is 11.3 Å². The lowest BCUT2D eigenvalue weighted by Gasteiger charge is -2.10. The van der Waals surface area contributed by atoms with Gasteiger partial charge in [0.15, 0.2) is 0 Å². The number of nitrogens with zero attached hydrogens (tertiary/aromatic N) is 2. The number of rotatable bonds is 5. The number of benzene rings is 1. The molecule has 0 fully saturated rings. The zero-order chi connectivity index (χ0) is 13.7. The standard InChI is InChI=1S/C15H17N3O/c1-18-10-12(7-14(18)8-16)9-17-15-6-4-3-5-13(15)11-19-2/h3-7,10,17H,9,11H2,1-2H3. The van der Waals surface area contributed by atoms with Crippen molar-refractivity contribution in [1.29, 1.82) is 5.26 Å². The smallest absolute Gasteiger partial charge is 0.120 e. The van der Waals surface area contributed by atoms with E-state index in [1.54, 1.807) is 7.11 Å². The van der Waals surface area contributed by atoms with Gasteiger partial charge in [-0.05, 0) is 17.7 Å². The Kier molecular flexibility index (Phi) is 4.22. The van der Waals surface area contributed by atoms with Crippen LogP contribution in [0.25, 0.3) is 0 Å². The van der Waals surface area contributed by atoms with Crippen LogP contribution in [0.5, 0.6) is 0 Å². The van der Waals surface area contributed by atoms with Crippen LogP contribution in [0.1, 0.15) is 16.8 Å². The van der Waals surface area contributed by atoms with Crippen molar-refractivity contribution in [2.24, 2.45) is 7.05 Å². The van der Waals surface area contributed by atoms with Crippen molar-refractivity contribution in [2.45, 2.75) is 13.2 Å². The number of aromatic nitrogens is 1. The maximum atomic E-state index is 8.92. The van der Waals surface area contributed by atoms with Crippen LogP contribution >= 0.6 is 0 Å². The number of anilines is 1. The van der Waals surface area contributed by atoms with Gasteiger partial charge in [-0.25, -0.2) is 0 Å². The van der Waals surface area contributed by atoms with Crippen LogP contribution in [0.3, 0.4) is 0 Å². The Morgan fingerprint density at radius 2 is 2.16 bits per heavy atom. The molecule has 19 heavy (non-hydrogen) atoms. The van der Waals surface area contributed by atoms with Crippen molar-refractivity contribution in [3.05, 3.63) is 53.3 Å². The Morgan fingerprint density at radius 1 is 1.37 bits per heavy atom. The minimum absolute atomic E-state index is 0.585. The Labute approximate surface area is 113 Å². The van der Waals surface area contributed by atoms with E-state index in [-0.39, 0.29) is 0 Å². The molecular formula is C15H17N3O. The summed E-state index contributed by atoms with van der Waals surface area (Å²) in [5, 5.41) is 12.3. The van der Waals surface area contributed by atoms with E-state index in [9.17, 15) is 0 Å². The van der Waals surface area contributed by atoms with Crippen LogP contribution in [0.15, 0.2) is 36.5 Å². The van der Waals surface area contributed by atoms with Gasteiger partial charge < -0.3 is 14.6 Å². The lowest BCUT2D eigenvalue weighted by molar-refractivity contribution is 0.185. The average molecular weight is 255 g/mol. The third-order valence-electron chi connectivity index (χ3n) is 2.98. The van der Waals surface area contributed by atoms with Gasteiger partial charge in [0.25, 0.3) is 0 Å². The third-order valence-corrected chi connectivity index (χ3v) is 2.98. The molecule has 0 radical (unpaired) electrons. The summed E-state index contributed by atoms with van der Waals surface area (Å²) in [6.07, 6.45) is 1.96. The molecule has 0 bridgehead atoms. The summed E-state index contributed by atoms with van der Waals surface area (Å²) < 4.78 is 7.01. The van der Waals surface area contributed by atoms with Crippen molar-refractivity contribution in [3.63, 3.8) is 0 Å². The van der Waals surface area contributed by atoms with Gasteiger partial charge in [-0.3, -0.25) is 0 Å². The van der Waals surface area contributed by atoms with Crippen molar-refractivity contribution >= 4 is 5.69 Å². The Hall–Kier alpha value is -2.25. The summed E-state index contributed by atoms with van der Waals surface area (Å²) in [4.78, 5) is 0. The van der Waals surface area contributed by atoms with Gasteiger partial charge in [0.05, 0.1) is 6.61 Å². The first-order valence-corrected chi connectivity index (χ1v) is 6.10. The van der Waals surface area contributed by atoms with E-state index in [1.807, 2.05) is 48.1 Å². The van der Waals surface area contributed by atoms with Crippen LogP contribution in [-0.2, 0) is 24.9 Å². The molecule has 4 nitrogen and oxygen atoms in total. The molecule has 0 saturated heterocycles. The SMILES string of the molecule is COCc1ccccc1NCc1cc(C#N)n(C)c1. The van der Waals surface area contributed by atoms with Crippen molar-refractivity contribution in [2.75, 3.05) is 12.4 Å². The molecular weight excluding hydrogens is 238 g/mol. The monoisotopic (exact) mass is 255 g/mol. The fourth-order valence-electron chi connectivity index (χ4n) is 2.01. The highest BCUT2D eigenvalue weighted by atomic mass is 16.5. The van der Waals surface area contributed by atoms with Crippen LogP contribution < -0.4 is 5.32 Å². The molecule has 4 heteroatoms. The first-order valence-electron chi connectivity index (χ1n) is 6.10. The molecule has 1 aromatic heterocycles. The zero-order valence-corrected chi connectivity index (χ0v) is 11.2. The predicted octanol–water partition coefficient (Wildman–Crippen LogP) is 2.66. The third kappa shape index (κ3) is 3.15. The fraction of sp³-hybridized carbons (Fsp3) is 0.267. The van der Waals surface area contributed by atoms with E-state index in [0.29, 0.717) is 18.8 Å². The van der Waals surface area contributed by atoms with E-state index in [2.05, 4.69) is 11.4 Å². The van der Waals surface area contributed by atoms with Gasteiger partial charge in [0.2, 0.25) is 0 Å². The highest BCUT2D eigenvalue weighted by Gasteiger charge is 2.04. The topological polar surface area (TPSA) is 50.0 Å². The van der Waals surface area contributed by atoms with E-state index in [4.69, 9.17) is 10.00 Å². The first kappa shape index (κ1) is 13.2. The Morgan fingerprint density at radius 3 is 2.84 bits per heavy atom. The Balaban J connectivity index is 2.08. The van der Waals surface area contributed by atoms with Crippen LogP contribution in [0.4, 0.5) is 5.69 Å². The second kappa shape index (κ2) is 6.07. The van der Waals surface area contributed by atoms with Crippen molar-refractivity contribution in [3.8, 4) is 6.07 Å². The highest BCUT2D eigenvalue weighted by Crippen LogP contribution is 2.17. The molecule has 0 aliphatic heterocycles. The Bertz CT molecular complexity index is 596. The van der Waals surface area contributed by atoms with Gasteiger partial charge in [0, 0.05) is 38.1 Å². The van der Waals surface area contributed by atoms with Crippen molar-refractivity contribution < 1.29 is 4.74 Å². The lowest BCUT2D eigenvalue weighted by Crippen LogP contribution is -2.02. The molecule has 0 amide bonds. The second-order valence-electron chi connectivity index (χ2n) is 4.40. The number of para-hydroxylation sites is 1. The molecule has 1 heterocycles. The fourth-order valence-corrected chi connectivity index (χ4v) is 2.01. The molecule has 0 aliphatic carbocycles. The number of hydrogen-bond donors (Lipinski definition) is 1.